The van der Waals surface area contributed by atoms with E-state index in [0.717, 1.165) is 18.5 Å². The van der Waals surface area contributed by atoms with Gasteiger partial charge in [-0.2, -0.15) is 13.2 Å². The highest BCUT2D eigenvalue weighted by Crippen LogP contribution is 2.51. The van der Waals surface area contributed by atoms with E-state index in [-0.39, 0.29) is 38.5 Å². The summed E-state index contributed by atoms with van der Waals surface area (Å²) in [6.07, 6.45) is -2.04. The smallest absolute Gasteiger partial charge is 0.387 e. The minimum atomic E-state index is -4.39. The van der Waals surface area contributed by atoms with Crippen molar-refractivity contribution in [3.8, 4) is 0 Å². The predicted octanol–water partition coefficient (Wildman–Crippen LogP) is 3.45. The number of β-amino-alcohol motifs (C(OH)–C–C–N with tert-alkyl or cyclic N) is 1. The number of para-hydroxylation sites is 1. The second-order valence-corrected chi connectivity index (χ2v) is 10.3. The van der Waals surface area contributed by atoms with Crippen LogP contribution < -0.4 is 4.90 Å². The third kappa shape index (κ3) is 5.04. The number of aliphatic hydroxyl groups is 1. The first kappa shape index (κ1) is 24.8. The van der Waals surface area contributed by atoms with Crippen molar-refractivity contribution in [2.75, 3.05) is 44.2 Å². The number of likely N-dealkylation sites (tertiary alicyclic amines) is 1. The van der Waals surface area contributed by atoms with Gasteiger partial charge in [-0.05, 0) is 31.4 Å². The molecule has 34 heavy (non-hydrogen) atoms. The topological polar surface area (TPSA) is 64.1 Å². The lowest BCUT2D eigenvalue weighted by Gasteiger charge is -2.54. The third-order valence-electron chi connectivity index (χ3n) is 8.00. The highest BCUT2D eigenvalue weighted by atomic mass is 19.4. The molecule has 1 aromatic carbocycles. The number of nitrogens with zero attached hydrogens (tertiary/aromatic N) is 3. The second-order valence-electron chi connectivity index (χ2n) is 10.3. The van der Waals surface area contributed by atoms with Crippen LogP contribution in [-0.2, 0) is 9.59 Å². The molecule has 4 rings (SSSR count). The largest absolute Gasteiger partial charge is 0.389 e. The van der Waals surface area contributed by atoms with Crippen LogP contribution in [0.25, 0.3) is 0 Å². The number of carbonyl (C=O) groups excluding carboxylic acids is 2. The molecule has 2 heterocycles. The summed E-state index contributed by atoms with van der Waals surface area (Å²) < 4.78 is 38.5. The van der Waals surface area contributed by atoms with E-state index in [9.17, 15) is 27.9 Å². The lowest BCUT2D eigenvalue weighted by atomic mass is 9.65. The predicted molar refractivity (Wildman–Crippen MR) is 122 cm³/mol. The number of carbonyl (C=O) groups is 2. The van der Waals surface area contributed by atoms with E-state index in [1.54, 1.807) is 4.90 Å². The lowest BCUT2D eigenvalue weighted by molar-refractivity contribution is -0.175. The van der Waals surface area contributed by atoms with Gasteiger partial charge in [-0.25, -0.2) is 0 Å². The molecule has 2 aliphatic heterocycles. The summed E-state index contributed by atoms with van der Waals surface area (Å²) >= 11 is 0. The molecule has 0 bridgehead atoms. The number of piperazine rings is 1. The van der Waals surface area contributed by atoms with E-state index < -0.39 is 35.4 Å². The maximum Gasteiger partial charge on any atom is 0.389 e. The van der Waals surface area contributed by atoms with Gasteiger partial charge in [0.1, 0.15) is 0 Å². The normalized spacial score (nSPS) is 26.3. The number of hydrogen-bond donors (Lipinski definition) is 1. The number of alkyl halides is 3. The average molecular weight is 482 g/mol. The van der Waals surface area contributed by atoms with Crippen molar-refractivity contribution in [2.24, 2.45) is 11.3 Å². The van der Waals surface area contributed by atoms with Crippen LogP contribution in [0.1, 0.15) is 45.4 Å². The maximum atomic E-state index is 13.0. The summed E-state index contributed by atoms with van der Waals surface area (Å²) in [7, 11) is 0. The summed E-state index contributed by atoms with van der Waals surface area (Å²) in [5.74, 6) is -1.69. The third-order valence-corrected chi connectivity index (χ3v) is 8.00. The molecule has 0 radical (unpaired) electrons. The van der Waals surface area contributed by atoms with Crippen LogP contribution in [0.5, 0.6) is 0 Å². The number of hydrogen-bond acceptors (Lipinski definition) is 4. The molecule has 188 valence electrons. The Bertz CT molecular complexity index is 888. The van der Waals surface area contributed by atoms with Crippen LogP contribution in [0.2, 0.25) is 0 Å². The molecule has 2 saturated heterocycles. The molecular weight excluding hydrogens is 447 g/mol. The van der Waals surface area contributed by atoms with Gasteiger partial charge in [0.2, 0.25) is 11.8 Å². The minimum absolute atomic E-state index is 0.0472. The zero-order valence-electron chi connectivity index (χ0n) is 19.7. The second kappa shape index (κ2) is 9.40. The number of benzene rings is 1. The fraction of sp³-hybridized carbons (Fsp3) is 0.680. The van der Waals surface area contributed by atoms with Crippen molar-refractivity contribution in [1.82, 2.24) is 9.80 Å². The summed E-state index contributed by atoms with van der Waals surface area (Å²) in [6.45, 7) is 3.39. The Balaban J connectivity index is 1.44. The standard InChI is InChI=1S/C25H34F3N3O3/c1-19(15-25(26,27)28)22(33)31-12-11-24(34,23(17-31)9-5-6-10-23)18-30-14-13-29(16-21(30)32)20-7-3-2-4-8-20/h2-4,7-8,19,34H,5-6,9-18H2,1H3. The van der Waals surface area contributed by atoms with Crippen molar-refractivity contribution < 1.29 is 27.9 Å². The highest BCUT2D eigenvalue weighted by molar-refractivity contribution is 5.83. The van der Waals surface area contributed by atoms with Gasteiger partial charge >= 0.3 is 6.18 Å². The van der Waals surface area contributed by atoms with Crippen LogP contribution in [0, 0.1) is 11.3 Å². The van der Waals surface area contributed by atoms with Crippen LogP contribution in [0.4, 0.5) is 18.9 Å². The van der Waals surface area contributed by atoms with E-state index >= 15 is 0 Å². The van der Waals surface area contributed by atoms with Crippen LogP contribution >= 0.6 is 0 Å². The first-order valence-corrected chi connectivity index (χ1v) is 12.2. The summed E-state index contributed by atoms with van der Waals surface area (Å²) in [5, 5.41) is 11.9. The minimum Gasteiger partial charge on any atom is -0.387 e. The first-order valence-electron chi connectivity index (χ1n) is 12.2. The number of piperidine rings is 1. The Kier molecular flexibility index (Phi) is 6.86. The van der Waals surface area contributed by atoms with Gasteiger partial charge in [0.25, 0.3) is 0 Å². The van der Waals surface area contributed by atoms with Crippen LogP contribution in [0.15, 0.2) is 30.3 Å². The zero-order chi connectivity index (χ0) is 24.6. The molecule has 9 heteroatoms. The van der Waals surface area contributed by atoms with Gasteiger partial charge in [-0.3, -0.25) is 9.59 Å². The quantitative estimate of drug-likeness (QED) is 0.700. The van der Waals surface area contributed by atoms with E-state index in [1.165, 1.54) is 11.8 Å². The number of amides is 2. The fourth-order valence-corrected chi connectivity index (χ4v) is 6.08. The van der Waals surface area contributed by atoms with E-state index in [4.69, 9.17) is 0 Å². The Morgan fingerprint density at radius 2 is 1.76 bits per heavy atom. The number of halogens is 3. The average Bonchev–Trinajstić information content (AvgIpc) is 3.26. The van der Waals surface area contributed by atoms with Crippen molar-refractivity contribution in [3.63, 3.8) is 0 Å². The van der Waals surface area contributed by atoms with Gasteiger partial charge in [-0.15, -0.1) is 0 Å². The molecule has 1 N–H and O–H groups in total. The Hall–Kier alpha value is -2.29. The molecule has 2 unspecified atom stereocenters. The SMILES string of the molecule is CC(CC(F)(F)F)C(=O)N1CCC(O)(CN2CCN(c3ccccc3)CC2=O)C2(CCCC2)C1. The molecule has 0 aromatic heterocycles. The molecule has 2 amide bonds. The molecule has 6 nitrogen and oxygen atoms in total. The van der Waals surface area contributed by atoms with E-state index in [1.807, 2.05) is 35.2 Å². The van der Waals surface area contributed by atoms with Crippen molar-refractivity contribution >= 4 is 17.5 Å². The first-order chi connectivity index (χ1) is 16.0. The molecule has 3 fully saturated rings. The molecule has 2 atom stereocenters. The van der Waals surface area contributed by atoms with Gasteiger partial charge < -0.3 is 19.8 Å². The van der Waals surface area contributed by atoms with Crippen LogP contribution in [-0.4, -0.2) is 77.8 Å². The molecule has 1 aliphatic carbocycles. The van der Waals surface area contributed by atoms with Gasteiger partial charge in [0.15, 0.2) is 0 Å². The monoisotopic (exact) mass is 481 g/mol. The zero-order valence-corrected chi connectivity index (χ0v) is 19.7. The van der Waals surface area contributed by atoms with Gasteiger partial charge in [0, 0.05) is 43.2 Å². The highest BCUT2D eigenvalue weighted by Gasteiger charge is 2.56. The fourth-order valence-electron chi connectivity index (χ4n) is 6.08. The van der Waals surface area contributed by atoms with Crippen molar-refractivity contribution in [3.05, 3.63) is 30.3 Å². The van der Waals surface area contributed by atoms with E-state index in [0.29, 0.717) is 25.9 Å². The summed E-state index contributed by atoms with van der Waals surface area (Å²) in [4.78, 5) is 31.1. The lowest BCUT2D eigenvalue weighted by Crippen LogP contribution is -2.66. The van der Waals surface area contributed by atoms with Crippen molar-refractivity contribution in [2.45, 2.75) is 57.2 Å². The van der Waals surface area contributed by atoms with Gasteiger partial charge in [0.05, 0.1) is 25.1 Å². The molecule has 1 saturated carbocycles. The number of anilines is 1. The Morgan fingerprint density at radius 1 is 1.09 bits per heavy atom. The van der Waals surface area contributed by atoms with E-state index in [2.05, 4.69) is 0 Å². The summed E-state index contributed by atoms with van der Waals surface area (Å²) in [5.41, 5.74) is -0.755. The molecule has 3 aliphatic rings. The number of rotatable bonds is 5. The van der Waals surface area contributed by atoms with Crippen molar-refractivity contribution in [1.29, 1.82) is 0 Å². The van der Waals surface area contributed by atoms with Gasteiger partial charge in [-0.1, -0.05) is 38.0 Å². The summed E-state index contributed by atoms with van der Waals surface area (Å²) in [6, 6.07) is 9.74. The Labute approximate surface area is 198 Å². The molecule has 1 spiro atoms. The molecule has 1 aromatic rings. The maximum absolute atomic E-state index is 13.0. The van der Waals surface area contributed by atoms with Crippen LogP contribution in [0.3, 0.4) is 0 Å². The molecular formula is C25H34F3N3O3. The Morgan fingerprint density at radius 3 is 2.38 bits per heavy atom.